The number of carbonyl (C=O) groups is 1. The van der Waals surface area contributed by atoms with Crippen molar-refractivity contribution in [2.75, 3.05) is 152 Å². The topological polar surface area (TPSA) is 128 Å². The Bertz CT molecular complexity index is 734. The minimum atomic E-state index is -0.129. The molecule has 0 N–H and O–H groups in total. The molecule has 13 heteroatoms. The predicted molar refractivity (Wildman–Crippen MR) is 224 cm³/mol. The Balaban J connectivity index is 3.12. The fraction of sp³-hybridized carbons (Fsp3) is 0.977. The first-order valence-electron chi connectivity index (χ1n) is 22.8. The van der Waals surface area contributed by atoms with Crippen LogP contribution in [0.5, 0.6) is 0 Å². The molecule has 0 aliphatic heterocycles. The summed E-state index contributed by atoms with van der Waals surface area (Å²) in [5.74, 6) is -0.129. The van der Waals surface area contributed by atoms with Gasteiger partial charge in [0.15, 0.2) is 0 Å². The molecule has 0 atom stereocenters. The van der Waals surface area contributed by atoms with E-state index in [1.54, 1.807) is 0 Å². The van der Waals surface area contributed by atoms with Crippen LogP contribution in [0.2, 0.25) is 0 Å². The third-order valence-corrected chi connectivity index (χ3v) is 8.84. The van der Waals surface area contributed by atoms with Gasteiger partial charge in [0.05, 0.1) is 139 Å². The van der Waals surface area contributed by atoms with E-state index in [4.69, 9.17) is 56.8 Å². The van der Waals surface area contributed by atoms with Crippen LogP contribution < -0.4 is 0 Å². The molecule has 57 heavy (non-hydrogen) atoms. The third-order valence-electron chi connectivity index (χ3n) is 8.84. The lowest BCUT2D eigenvalue weighted by atomic mass is 10.0. The lowest BCUT2D eigenvalue weighted by molar-refractivity contribution is -0.145. The minimum Gasteiger partial charge on any atom is -0.463 e. The van der Waals surface area contributed by atoms with Crippen molar-refractivity contribution in [1.29, 1.82) is 0 Å². The summed E-state index contributed by atoms with van der Waals surface area (Å²) in [5, 5.41) is 0. The number of hydrogen-bond acceptors (Lipinski definition) is 13. The fourth-order valence-electron chi connectivity index (χ4n) is 5.47. The van der Waals surface area contributed by atoms with Crippen LogP contribution in [0.1, 0.15) is 129 Å². The third kappa shape index (κ3) is 53.0. The Morgan fingerprint density at radius 2 is 0.456 bits per heavy atom. The van der Waals surface area contributed by atoms with E-state index in [-0.39, 0.29) is 12.6 Å². The molecule has 0 aromatic rings. The van der Waals surface area contributed by atoms with E-state index in [0.29, 0.717) is 145 Å². The van der Waals surface area contributed by atoms with Crippen molar-refractivity contribution in [1.82, 2.24) is 0 Å². The van der Waals surface area contributed by atoms with Crippen molar-refractivity contribution in [2.45, 2.75) is 129 Å². The quantitative estimate of drug-likeness (QED) is 0.0438. The van der Waals surface area contributed by atoms with Gasteiger partial charge in [-0.25, -0.2) is 0 Å². The predicted octanol–water partition coefficient (Wildman–Crippen LogP) is 7.77. The maximum atomic E-state index is 11.9. The first-order chi connectivity index (χ1) is 28.3. The first kappa shape index (κ1) is 56.0. The molecule has 0 unspecified atom stereocenters. The lowest BCUT2D eigenvalue weighted by Crippen LogP contribution is -2.15. The average Bonchev–Trinajstić information content (AvgIpc) is 3.22. The minimum absolute atomic E-state index is 0.129. The van der Waals surface area contributed by atoms with Crippen LogP contribution >= 0.6 is 0 Å². The highest BCUT2D eigenvalue weighted by molar-refractivity contribution is 5.69. The molecule has 0 saturated carbocycles. The number of unbranched alkanes of at least 4 members (excludes halogenated alkanes) is 15. The molecule has 0 spiro atoms. The van der Waals surface area contributed by atoms with Crippen LogP contribution in [-0.2, 0) is 61.6 Å². The summed E-state index contributed by atoms with van der Waals surface area (Å²) in [4.78, 5) is 11.9. The smallest absolute Gasteiger partial charge is 0.305 e. The zero-order valence-electron chi connectivity index (χ0n) is 36.8. The molecular weight excluding hydrogens is 736 g/mol. The first-order valence-corrected chi connectivity index (χ1v) is 22.8. The fourth-order valence-corrected chi connectivity index (χ4v) is 5.47. The summed E-state index contributed by atoms with van der Waals surface area (Å²) in [7, 11) is 0. The molecule has 0 amide bonds. The zero-order valence-corrected chi connectivity index (χ0v) is 36.8. The van der Waals surface area contributed by atoms with Crippen molar-refractivity contribution in [3.63, 3.8) is 0 Å². The molecule has 0 rings (SSSR count). The lowest BCUT2D eigenvalue weighted by Gasteiger charge is -2.09. The summed E-state index contributed by atoms with van der Waals surface area (Å²) in [6, 6.07) is 0. The summed E-state index contributed by atoms with van der Waals surface area (Å²) >= 11 is 0. The van der Waals surface area contributed by atoms with Crippen molar-refractivity contribution < 1.29 is 61.6 Å². The molecule has 0 radical (unpaired) electrons. The highest BCUT2D eigenvalue weighted by Gasteiger charge is 2.03. The second-order valence-corrected chi connectivity index (χ2v) is 14.0. The van der Waals surface area contributed by atoms with E-state index >= 15 is 0 Å². The molecule has 0 aliphatic carbocycles. The number of carbonyl (C=O) groups excluding carboxylic acids is 1. The van der Waals surface area contributed by atoms with E-state index in [1.807, 2.05) is 0 Å². The summed E-state index contributed by atoms with van der Waals surface area (Å²) in [6.45, 7) is 16.3. The second-order valence-electron chi connectivity index (χ2n) is 14.0. The van der Waals surface area contributed by atoms with Gasteiger partial charge in [-0.05, 0) is 12.8 Å². The molecule has 0 bridgehead atoms. The van der Waals surface area contributed by atoms with Gasteiger partial charge in [0.1, 0.15) is 6.61 Å². The van der Waals surface area contributed by atoms with Crippen molar-refractivity contribution >= 4 is 5.97 Å². The van der Waals surface area contributed by atoms with Gasteiger partial charge in [0.25, 0.3) is 0 Å². The van der Waals surface area contributed by atoms with Gasteiger partial charge in [-0.2, -0.15) is 0 Å². The zero-order chi connectivity index (χ0) is 41.1. The highest BCUT2D eigenvalue weighted by Crippen LogP contribution is 2.14. The van der Waals surface area contributed by atoms with E-state index in [9.17, 15) is 4.79 Å². The summed E-state index contributed by atoms with van der Waals surface area (Å²) in [6.07, 6.45) is 22.5. The van der Waals surface area contributed by atoms with E-state index < -0.39 is 0 Å². The highest BCUT2D eigenvalue weighted by atomic mass is 16.6. The van der Waals surface area contributed by atoms with Crippen LogP contribution in [-0.4, -0.2) is 158 Å². The van der Waals surface area contributed by atoms with Crippen molar-refractivity contribution in [3.8, 4) is 0 Å². The number of hydrogen-bond donors (Lipinski definition) is 0. The van der Waals surface area contributed by atoms with Gasteiger partial charge in [-0.1, -0.05) is 110 Å². The Hall–Kier alpha value is -0.970. The van der Waals surface area contributed by atoms with Gasteiger partial charge in [0, 0.05) is 13.0 Å². The van der Waals surface area contributed by atoms with E-state index in [0.717, 1.165) is 32.3 Å². The number of esters is 1. The Labute approximate surface area is 348 Å². The van der Waals surface area contributed by atoms with Gasteiger partial charge in [-0.3, -0.25) is 4.79 Å². The monoisotopic (exact) mass is 825 g/mol. The van der Waals surface area contributed by atoms with Crippen LogP contribution in [0.25, 0.3) is 0 Å². The van der Waals surface area contributed by atoms with Gasteiger partial charge in [0.2, 0.25) is 0 Å². The van der Waals surface area contributed by atoms with Crippen LogP contribution in [0.4, 0.5) is 0 Å². The number of ether oxygens (including phenoxy) is 12. The molecule has 0 fully saturated rings. The van der Waals surface area contributed by atoms with Gasteiger partial charge >= 0.3 is 5.97 Å². The molecule has 0 heterocycles. The Kier molecular flexibility index (Phi) is 52.1. The molecular formula is C44H88O13. The maximum Gasteiger partial charge on any atom is 0.305 e. The van der Waals surface area contributed by atoms with Crippen LogP contribution in [0.15, 0.2) is 0 Å². The Morgan fingerprint density at radius 1 is 0.246 bits per heavy atom. The normalized spacial score (nSPS) is 11.5. The van der Waals surface area contributed by atoms with Crippen LogP contribution in [0.3, 0.4) is 0 Å². The molecule has 0 saturated heterocycles. The summed E-state index contributed by atoms with van der Waals surface area (Å²) < 4.78 is 65.6. The maximum absolute atomic E-state index is 11.9. The number of rotatable bonds is 52. The van der Waals surface area contributed by atoms with Crippen molar-refractivity contribution in [3.05, 3.63) is 0 Å². The molecule has 0 aromatic carbocycles. The average molecular weight is 825 g/mol. The Morgan fingerprint density at radius 3 is 0.719 bits per heavy atom. The summed E-state index contributed by atoms with van der Waals surface area (Å²) in [5.41, 5.74) is 0. The van der Waals surface area contributed by atoms with E-state index in [2.05, 4.69) is 13.8 Å². The van der Waals surface area contributed by atoms with Crippen molar-refractivity contribution in [2.24, 2.45) is 0 Å². The van der Waals surface area contributed by atoms with Gasteiger partial charge < -0.3 is 56.8 Å². The molecule has 0 aliphatic rings. The molecule has 13 nitrogen and oxygen atoms in total. The van der Waals surface area contributed by atoms with E-state index in [1.165, 1.54) is 83.5 Å². The molecule has 0 aromatic heterocycles. The molecule has 342 valence electrons. The van der Waals surface area contributed by atoms with Crippen LogP contribution in [0, 0.1) is 0 Å². The largest absolute Gasteiger partial charge is 0.463 e. The van der Waals surface area contributed by atoms with Gasteiger partial charge in [-0.15, -0.1) is 0 Å². The standard InChI is InChI=1S/C44H88O13/c1-3-5-7-8-9-10-11-12-13-14-15-16-17-18-19-20-44(45)57-43-42-56-41-40-55-39-38-54-37-36-53-35-34-52-33-32-51-31-30-50-29-28-49-27-26-48-25-24-47-23-22-46-21-6-4-2/h3-43H2,1-2H3. The SMILES string of the molecule is CCCCCCCCCCCCCCCCCC(=O)OCCOCCOCCOCCOCCOCCOCCOCCOCCOCCOCCOCCCC. The second kappa shape index (κ2) is 53.0.